The molecule has 0 saturated carbocycles. The first-order valence-corrected chi connectivity index (χ1v) is 10.3. The van der Waals surface area contributed by atoms with Crippen LogP contribution in [0.15, 0.2) is 30.3 Å². The molecule has 0 spiro atoms. The molecule has 1 unspecified atom stereocenters. The van der Waals surface area contributed by atoms with Crippen molar-refractivity contribution in [3.63, 3.8) is 0 Å². The molecule has 0 radical (unpaired) electrons. The van der Waals surface area contributed by atoms with Crippen molar-refractivity contribution < 1.29 is 14.3 Å². The Morgan fingerprint density at radius 2 is 1.93 bits per heavy atom. The molecule has 3 amide bonds. The van der Waals surface area contributed by atoms with Crippen molar-refractivity contribution in [2.75, 3.05) is 59.5 Å². The van der Waals surface area contributed by atoms with Gasteiger partial charge < -0.3 is 24.8 Å². The van der Waals surface area contributed by atoms with Crippen LogP contribution in [0.3, 0.4) is 0 Å². The minimum Gasteiger partial charge on any atom is -0.377 e. The summed E-state index contributed by atoms with van der Waals surface area (Å²) in [5.74, 6) is 0.118. The highest BCUT2D eigenvalue weighted by atomic mass is 16.5. The van der Waals surface area contributed by atoms with Crippen LogP contribution in [-0.4, -0.2) is 92.2 Å². The molecule has 0 bridgehead atoms. The standard InChI is InChI=1S/C21H32N4O3/c1-23-10-5-11-24(13-12-23)20(26)16-19-17-28-15-14-25(19)21(27)22-9-8-18-6-3-2-4-7-18/h2-4,6-7,19H,5,8-17H2,1H3,(H,22,27). The van der Waals surface area contributed by atoms with Gasteiger partial charge in [-0.2, -0.15) is 0 Å². The summed E-state index contributed by atoms with van der Waals surface area (Å²) >= 11 is 0. The lowest BCUT2D eigenvalue weighted by Crippen LogP contribution is -2.54. The highest BCUT2D eigenvalue weighted by Crippen LogP contribution is 2.14. The molecule has 2 aliphatic rings. The van der Waals surface area contributed by atoms with Crippen LogP contribution in [0.5, 0.6) is 0 Å². The Kier molecular flexibility index (Phi) is 7.68. The van der Waals surface area contributed by atoms with E-state index in [0.717, 1.165) is 39.0 Å². The zero-order chi connectivity index (χ0) is 19.8. The maximum atomic E-state index is 12.8. The molecule has 28 heavy (non-hydrogen) atoms. The maximum absolute atomic E-state index is 12.8. The molecule has 1 atom stereocenters. The minimum absolute atomic E-state index is 0.104. The van der Waals surface area contributed by atoms with E-state index in [0.29, 0.717) is 32.7 Å². The van der Waals surface area contributed by atoms with Crippen LogP contribution in [0.2, 0.25) is 0 Å². The summed E-state index contributed by atoms with van der Waals surface area (Å²) < 4.78 is 5.57. The van der Waals surface area contributed by atoms with Gasteiger partial charge in [0.2, 0.25) is 5.91 Å². The predicted molar refractivity (Wildman–Crippen MR) is 108 cm³/mol. The molecular weight excluding hydrogens is 356 g/mol. The molecule has 0 aromatic heterocycles. The van der Waals surface area contributed by atoms with E-state index in [-0.39, 0.29) is 18.0 Å². The van der Waals surface area contributed by atoms with Gasteiger partial charge in [-0.3, -0.25) is 4.79 Å². The van der Waals surface area contributed by atoms with E-state index in [9.17, 15) is 9.59 Å². The average molecular weight is 389 g/mol. The molecule has 7 nitrogen and oxygen atoms in total. The summed E-state index contributed by atoms with van der Waals surface area (Å²) in [7, 11) is 2.09. The number of amides is 3. The number of nitrogens with zero attached hydrogens (tertiary/aromatic N) is 3. The van der Waals surface area contributed by atoms with Gasteiger partial charge in [0, 0.05) is 39.1 Å². The highest BCUT2D eigenvalue weighted by molar-refractivity contribution is 5.79. The lowest BCUT2D eigenvalue weighted by atomic mass is 10.1. The molecule has 154 valence electrons. The number of likely N-dealkylation sites (N-methyl/N-ethyl adjacent to an activating group) is 1. The SMILES string of the molecule is CN1CCCN(C(=O)CC2COCCN2C(=O)NCCc2ccccc2)CC1. The van der Waals surface area contributed by atoms with Crippen LogP contribution >= 0.6 is 0 Å². The largest absolute Gasteiger partial charge is 0.377 e. The minimum atomic E-state index is -0.195. The average Bonchev–Trinajstić information content (AvgIpc) is 2.93. The molecule has 2 aliphatic heterocycles. The van der Waals surface area contributed by atoms with E-state index in [2.05, 4.69) is 29.4 Å². The van der Waals surface area contributed by atoms with Gasteiger partial charge in [0.15, 0.2) is 0 Å². The fraction of sp³-hybridized carbons (Fsp3) is 0.619. The summed E-state index contributed by atoms with van der Waals surface area (Å²) in [6.07, 6.45) is 2.12. The Labute approximate surface area is 167 Å². The third kappa shape index (κ3) is 5.94. The van der Waals surface area contributed by atoms with Gasteiger partial charge in [-0.25, -0.2) is 4.79 Å². The van der Waals surface area contributed by atoms with Gasteiger partial charge >= 0.3 is 6.03 Å². The molecule has 1 aromatic carbocycles. The summed E-state index contributed by atoms with van der Waals surface area (Å²) in [6, 6.07) is 9.80. The maximum Gasteiger partial charge on any atom is 0.317 e. The first kappa shape index (κ1) is 20.6. The number of ether oxygens (including phenoxy) is 1. The van der Waals surface area contributed by atoms with Crippen molar-refractivity contribution in [2.45, 2.75) is 25.3 Å². The molecule has 1 N–H and O–H groups in total. The quantitative estimate of drug-likeness (QED) is 0.823. The number of hydrogen-bond donors (Lipinski definition) is 1. The molecule has 2 fully saturated rings. The van der Waals surface area contributed by atoms with Crippen molar-refractivity contribution in [1.82, 2.24) is 20.0 Å². The third-order valence-corrected chi connectivity index (χ3v) is 5.50. The predicted octanol–water partition coefficient (Wildman–Crippen LogP) is 1.19. The van der Waals surface area contributed by atoms with E-state index in [4.69, 9.17) is 4.74 Å². The second-order valence-electron chi connectivity index (χ2n) is 7.63. The summed E-state index contributed by atoms with van der Waals surface area (Å²) in [6.45, 7) is 5.52. The Morgan fingerprint density at radius 3 is 2.75 bits per heavy atom. The number of rotatable bonds is 5. The van der Waals surface area contributed by atoms with E-state index < -0.39 is 0 Å². The van der Waals surface area contributed by atoms with Gasteiger partial charge in [-0.1, -0.05) is 30.3 Å². The van der Waals surface area contributed by atoms with Crippen molar-refractivity contribution in [3.05, 3.63) is 35.9 Å². The van der Waals surface area contributed by atoms with Crippen LogP contribution in [0.1, 0.15) is 18.4 Å². The number of carbonyl (C=O) groups is 2. The Balaban J connectivity index is 1.49. The number of urea groups is 1. The van der Waals surface area contributed by atoms with Crippen LogP contribution in [-0.2, 0) is 16.0 Å². The molecule has 2 heterocycles. The fourth-order valence-corrected chi connectivity index (χ4v) is 3.78. The number of carbonyl (C=O) groups excluding carboxylic acids is 2. The van der Waals surface area contributed by atoms with Gasteiger partial charge in [0.05, 0.1) is 19.3 Å². The number of benzene rings is 1. The summed E-state index contributed by atoms with van der Waals surface area (Å²) in [4.78, 5) is 31.4. The molecule has 1 aromatic rings. The van der Waals surface area contributed by atoms with Crippen molar-refractivity contribution >= 4 is 11.9 Å². The first-order chi connectivity index (χ1) is 13.6. The Bertz CT molecular complexity index is 640. The van der Waals surface area contributed by atoms with Gasteiger partial charge in [-0.15, -0.1) is 0 Å². The van der Waals surface area contributed by atoms with Gasteiger partial charge in [-0.05, 0) is 32.0 Å². The molecule has 0 aliphatic carbocycles. The van der Waals surface area contributed by atoms with Crippen molar-refractivity contribution in [3.8, 4) is 0 Å². The van der Waals surface area contributed by atoms with E-state index >= 15 is 0 Å². The second kappa shape index (κ2) is 10.4. The third-order valence-electron chi connectivity index (χ3n) is 5.50. The Hall–Kier alpha value is -2.12. The van der Waals surface area contributed by atoms with Crippen LogP contribution in [0.25, 0.3) is 0 Å². The zero-order valence-corrected chi connectivity index (χ0v) is 16.8. The number of nitrogens with one attached hydrogen (secondary N) is 1. The van der Waals surface area contributed by atoms with E-state index in [1.807, 2.05) is 23.1 Å². The number of morpholine rings is 1. The van der Waals surface area contributed by atoms with E-state index in [1.54, 1.807) is 4.90 Å². The lowest BCUT2D eigenvalue weighted by Gasteiger charge is -2.36. The van der Waals surface area contributed by atoms with Crippen molar-refractivity contribution in [2.24, 2.45) is 0 Å². The molecule has 2 saturated heterocycles. The van der Waals surface area contributed by atoms with E-state index in [1.165, 1.54) is 5.56 Å². The second-order valence-corrected chi connectivity index (χ2v) is 7.63. The molecular formula is C21H32N4O3. The zero-order valence-electron chi connectivity index (χ0n) is 16.8. The smallest absolute Gasteiger partial charge is 0.317 e. The van der Waals surface area contributed by atoms with Crippen LogP contribution in [0.4, 0.5) is 4.79 Å². The van der Waals surface area contributed by atoms with Gasteiger partial charge in [0.1, 0.15) is 0 Å². The fourth-order valence-electron chi connectivity index (χ4n) is 3.78. The highest BCUT2D eigenvalue weighted by Gasteiger charge is 2.30. The topological polar surface area (TPSA) is 65.1 Å². The number of hydrogen-bond acceptors (Lipinski definition) is 4. The first-order valence-electron chi connectivity index (χ1n) is 10.3. The van der Waals surface area contributed by atoms with Crippen molar-refractivity contribution in [1.29, 1.82) is 0 Å². The van der Waals surface area contributed by atoms with Crippen LogP contribution < -0.4 is 5.32 Å². The van der Waals surface area contributed by atoms with Crippen LogP contribution in [0, 0.1) is 0 Å². The Morgan fingerprint density at radius 1 is 1.11 bits per heavy atom. The molecule has 7 heteroatoms. The normalized spacial score (nSPS) is 21.2. The lowest BCUT2D eigenvalue weighted by molar-refractivity contribution is -0.133. The summed E-state index contributed by atoms with van der Waals surface area (Å²) in [5, 5.41) is 3.00. The van der Waals surface area contributed by atoms with Gasteiger partial charge in [0.25, 0.3) is 0 Å². The summed E-state index contributed by atoms with van der Waals surface area (Å²) in [5.41, 5.74) is 1.20. The monoisotopic (exact) mass is 388 g/mol. The molecule has 3 rings (SSSR count).